The second-order valence-electron chi connectivity index (χ2n) is 8.81. The fraction of sp³-hybridized carbons (Fsp3) is 0.194. The number of carbonyl (C=O) groups excluding carboxylic acids is 1. The smallest absolute Gasteiger partial charge is 0.275 e. The van der Waals surface area contributed by atoms with Gasteiger partial charge in [-0.15, -0.1) is 0 Å². The molecule has 4 rings (SSSR count). The van der Waals surface area contributed by atoms with Crippen molar-refractivity contribution in [2.75, 3.05) is 11.9 Å². The summed E-state index contributed by atoms with van der Waals surface area (Å²) < 4.78 is 11.6. The van der Waals surface area contributed by atoms with E-state index in [2.05, 4.69) is 17.4 Å². The Balaban J connectivity index is 1.32. The van der Waals surface area contributed by atoms with Crippen LogP contribution in [0.25, 0.3) is 0 Å². The molecule has 0 aliphatic heterocycles. The van der Waals surface area contributed by atoms with Crippen LogP contribution in [0, 0.1) is 10.1 Å². The minimum atomic E-state index is -0.496. The Morgan fingerprint density at radius 2 is 1.45 bits per heavy atom. The summed E-state index contributed by atoms with van der Waals surface area (Å²) in [6.07, 6.45) is 3.00. The maximum atomic E-state index is 13.1. The van der Waals surface area contributed by atoms with Gasteiger partial charge in [0.25, 0.3) is 11.6 Å². The predicted octanol–water partition coefficient (Wildman–Crippen LogP) is 6.97. The number of nitrogens with zero attached hydrogens (tertiary/aromatic N) is 1. The van der Waals surface area contributed by atoms with E-state index in [9.17, 15) is 14.9 Å². The summed E-state index contributed by atoms with van der Waals surface area (Å²) >= 11 is 0. The average Bonchev–Trinajstić information content (AvgIpc) is 2.95. The van der Waals surface area contributed by atoms with Crippen LogP contribution in [0.4, 0.5) is 11.4 Å². The highest BCUT2D eigenvalue weighted by atomic mass is 16.6. The Kier molecular flexibility index (Phi) is 9.59. The lowest BCUT2D eigenvalue weighted by atomic mass is 10.0. The number of hydrogen-bond donors (Lipinski definition) is 1. The second kappa shape index (κ2) is 13.7. The third-order valence-corrected chi connectivity index (χ3v) is 6.03. The number of carbonyl (C=O) groups is 1. The van der Waals surface area contributed by atoms with Crippen molar-refractivity contribution in [2.45, 2.75) is 32.5 Å². The minimum Gasteiger partial charge on any atom is -0.494 e. The Morgan fingerprint density at radius 3 is 2.13 bits per heavy atom. The molecule has 0 radical (unpaired) electrons. The van der Waals surface area contributed by atoms with Crippen LogP contribution in [0.2, 0.25) is 0 Å². The molecule has 38 heavy (non-hydrogen) atoms. The van der Waals surface area contributed by atoms with Crippen molar-refractivity contribution >= 4 is 17.3 Å². The first-order chi connectivity index (χ1) is 18.6. The number of amides is 1. The second-order valence-corrected chi connectivity index (χ2v) is 8.81. The van der Waals surface area contributed by atoms with Gasteiger partial charge in [0.05, 0.1) is 35.9 Å². The maximum absolute atomic E-state index is 13.1. The average molecular weight is 511 g/mol. The molecule has 1 amide bonds. The number of anilines is 1. The van der Waals surface area contributed by atoms with Crippen molar-refractivity contribution in [3.8, 4) is 5.75 Å². The predicted molar refractivity (Wildman–Crippen MR) is 147 cm³/mol. The molecule has 1 N–H and O–H groups in total. The topological polar surface area (TPSA) is 90.7 Å². The van der Waals surface area contributed by atoms with Crippen molar-refractivity contribution in [3.05, 3.63) is 135 Å². The molecule has 0 aliphatic rings. The highest BCUT2D eigenvalue weighted by molar-refractivity contribution is 6.05. The zero-order valence-electron chi connectivity index (χ0n) is 21.0. The molecule has 0 bridgehead atoms. The molecule has 7 nitrogen and oxygen atoms in total. The van der Waals surface area contributed by atoms with E-state index in [0.717, 1.165) is 24.8 Å². The highest BCUT2D eigenvalue weighted by Crippen LogP contribution is 2.25. The Bertz CT molecular complexity index is 1330. The van der Waals surface area contributed by atoms with Crippen molar-refractivity contribution in [1.82, 2.24) is 0 Å². The zero-order valence-corrected chi connectivity index (χ0v) is 21.0. The molecule has 0 spiro atoms. The van der Waals surface area contributed by atoms with Crippen LogP contribution in [0.3, 0.4) is 0 Å². The summed E-state index contributed by atoms with van der Waals surface area (Å²) in [5.74, 6) is 0.273. The first-order valence-electron chi connectivity index (χ1n) is 12.6. The van der Waals surface area contributed by atoms with Gasteiger partial charge in [0.1, 0.15) is 5.75 Å². The number of nitrogens with one attached hydrogen (secondary N) is 1. The van der Waals surface area contributed by atoms with Crippen LogP contribution in [0.5, 0.6) is 5.75 Å². The third-order valence-electron chi connectivity index (χ3n) is 6.03. The van der Waals surface area contributed by atoms with Crippen LogP contribution in [0.1, 0.15) is 39.9 Å². The number of nitro benzene ring substituents is 1. The van der Waals surface area contributed by atoms with Crippen molar-refractivity contribution in [1.29, 1.82) is 0 Å². The number of nitro groups is 1. The van der Waals surface area contributed by atoms with E-state index < -0.39 is 10.8 Å². The number of unbranched alkanes of at least 4 members (excludes halogenated alkanes) is 1. The lowest BCUT2D eigenvalue weighted by molar-refractivity contribution is -0.386. The Hall–Kier alpha value is -4.49. The van der Waals surface area contributed by atoms with Gasteiger partial charge in [-0.25, -0.2) is 0 Å². The number of aryl methyl sites for hydroxylation is 1. The minimum absolute atomic E-state index is 0.0636. The van der Waals surface area contributed by atoms with E-state index >= 15 is 0 Å². The van der Waals surface area contributed by atoms with Crippen LogP contribution in [-0.2, 0) is 24.4 Å². The van der Waals surface area contributed by atoms with Crippen LogP contribution >= 0.6 is 0 Å². The third kappa shape index (κ3) is 7.75. The van der Waals surface area contributed by atoms with Crippen LogP contribution in [-0.4, -0.2) is 17.4 Å². The molecule has 4 aromatic carbocycles. The van der Waals surface area contributed by atoms with Crippen LogP contribution < -0.4 is 10.1 Å². The molecule has 4 aromatic rings. The van der Waals surface area contributed by atoms with Crippen LogP contribution in [0.15, 0.2) is 103 Å². The summed E-state index contributed by atoms with van der Waals surface area (Å²) in [5.41, 5.74) is 3.11. The molecule has 0 fully saturated rings. The van der Waals surface area contributed by atoms with E-state index in [4.69, 9.17) is 9.47 Å². The highest BCUT2D eigenvalue weighted by Gasteiger charge is 2.22. The molecule has 0 atom stereocenters. The van der Waals surface area contributed by atoms with Gasteiger partial charge in [0.15, 0.2) is 0 Å². The van der Waals surface area contributed by atoms with Crippen molar-refractivity contribution in [3.63, 3.8) is 0 Å². The fourth-order valence-electron chi connectivity index (χ4n) is 4.05. The van der Waals surface area contributed by atoms with Gasteiger partial charge >= 0.3 is 0 Å². The number of rotatable bonds is 13. The maximum Gasteiger partial charge on any atom is 0.275 e. The first kappa shape index (κ1) is 26.6. The van der Waals surface area contributed by atoms with E-state index in [-0.39, 0.29) is 30.0 Å². The van der Waals surface area contributed by atoms with E-state index in [0.29, 0.717) is 18.0 Å². The van der Waals surface area contributed by atoms with Gasteiger partial charge in [-0.3, -0.25) is 14.9 Å². The fourth-order valence-corrected chi connectivity index (χ4v) is 4.05. The summed E-state index contributed by atoms with van der Waals surface area (Å²) in [5, 5.41) is 14.5. The van der Waals surface area contributed by atoms with Crippen molar-refractivity contribution in [2.24, 2.45) is 0 Å². The molecule has 0 heterocycles. The first-order valence-corrected chi connectivity index (χ1v) is 12.6. The monoisotopic (exact) mass is 510 g/mol. The van der Waals surface area contributed by atoms with E-state index in [1.807, 2.05) is 48.5 Å². The number of benzene rings is 4. The normalized spacial score (nSPS) is 10.6. The Labute approximate surface area is 222 Å². The molecule has 7 heteroatoms. The van der Waals surface area contributed by atoms with Gasteiger partial charge in [-0.2, -0.15) is 0 Å². The molecule has 0 unspecified atom stereocenters. The largest absolute Gasteiger partial charge is 0.494 e. The molecule has 194 valence electrons. The molecule has 0 aliphatic carbocycles. The van der Waals surface area contributed by atoms with Gasteiger partial charge in [-0.1, -0.05) is 66.7 Å². The molecule has 0 aromatic heterocycles. The lowest BCUT2D eigenvalue weighted by Crippen LogP contribution is -2.16. The van der Waals surface area contributed by atoms with Gasteiger partial charge in [-0.05, 0) is 60.7 Å². The van der Waals surface area contributed by atoms with Gasteiger partial charge < -0.3 is 14.8 Å². The number of hydrogen-bond acceptors (Lipinski definition) is 5. The molecule has 0 saturated carbocycles. The molecular weight excluding hydrogens is 480 g/mol. The summed E-state index contributed by atoms with van der Waals surface area (Å²) in [6.45, 7) is 0.825. The standard InChI is InChI=1S/C31H30N2O5/c34-31(28-15-9-16-30(33(35)36)29(28)23-37-22-25-13-5-2-6-14-25)32-26-17-19-27(20-18-26)38-21-8-7-12-24-10-3-1-4-11-24/h1-6,9-11,13-20H,7-8,12,21-23H2,(H,32,34). The number of ether oxygens (including phenoxy) is 2. The Morgan fingerprint density at radius 1 is 0.763 bits per heavy atom. The van der Waals surface area contributed by atoms with Gasteiger partial charge in [0, 0.05) is 11.8 Å². The quantitative estimate of drug-likeness (QED) is 0.119. The molecule has 0 saturated heterocycles. The summed E-state index contributed by atoms with van der Waals surface area (Å²) in [6, 6.07) is 31.4. The lowest BCUT2D eigenvalue weighted by Gasteiger charge is -2.12. The van der Waals surface area contributed by atoms with E-state index in [1.165, 1.54) is 17.7 Å². The SMILES string of the molecule is O=C(Nc1ccc(OCCCCc2ccccc2)cc1)c1cccc([N+](=O)[O-])c1COCc1ccccc1. The summed E-state index contributed by atoms with van der Waals surface area (Å²) in [4.78, 5) is 24.2. The summed E-state index contributed by atoms with van der Waals surface area (Å²) in [7, 11) is 0. The van der Waals surface area contributed by atoms with Gasteiger partial charge in [0.2, 0.25) is 0 Å². The zero-order chi connectivity index (χ0) is 26.6. The molecular formula is C31H30N2O5. The van der Waals surface area contributed by atoms with E-state index in [1.54, 1.807) is 30.3 Å². The van der Waals surface area contributed by atoms with Crippen molar-refractivity contribution < 1.29 is 19.2 Å².